The zero-order chi connectivity index (χ0) is 15.5. The van der Waals surface area contributed by atoms with E-state index in [9.17, 15) is 10.1 Å². The molecule has 0 aliphatic heterocycles. The van der Waals surface area contributed by atoms with Gasteiger partial charge in [-0.2, -0.15) is 0 Å². The number of non-ortho nitro benzene ring substituents is 1. The highest BCUT2D eigenvalue weighted by Crippen LogP contribution is 2.26. The number of nitro benzene ring substituents is 1. The average Bonchev–Trinajstić information content (AvgIpc) is 2.92. The van der Waals surface area contributed by atoms with Gasteiger partial charge in [-0.1, -0.05) is 29.8 Å². The first-order chi connectivity index (χ1) is 10.6. The number of halogens is 1. The Balaban J connectivity index is 1.67. The molecule has 2 N–H and O–H groups in total. The third kappa shape index (κ3) is 2.89. The van der Waals surface area contributed by atoms with Crippen molar-refractivity contribution in [3.8, 4) is 0 Å². The van der Waals surface area contributed by atoms with E-state index in [0.717, 1.165) is 11.9 Å². The van der Waals surface area contributed by atoms with Crippen LogP contribution in [0.1, 0.15) is 5.56 Å². The Bertz CT molecular complexity index is 829. The van der Waals surface area contributed by atoms with Crippen molar-refractivity contribution in [3.05, 3.63) is 69.4 Å². The maximum Gasteiger partial charge on any atom is 0.271 e. The number of nitrogens with one attached hydrogen (secondary N) is 2. The molecule has 0 bridgehead atoms. The lowest BCUT2D eigenvalue weighted by Gasteiger charge is -2.07. The van der Waals surface area contributed by atoms with Gasteiger partial charge in [-0.05, 0) is 24.1 Å². The van der Waals surface area contributed by atoms with Crippen LogP contribution in [0.3, 0.4) is 0 Å². The van der Waals surface area contributed by atoms with Crippen molar-refractivity contribution < 1.29 is 4.92 Å². The van der Waals surface area contributed by atoms with Gasteiger partial charge >= 0.3 is 0 Å². The number of anilines is 1. The number of aromatic amines is 1. The van der Waals surface area contributed by atoms with Gasteiger partial charge in [0.2, 0.25) is 0 Å². The highest BCUT2D eigenvalue weighted by Gasteiger charge is 2.09. The van der Waals surface area contributed by atoms with E-state index < -0.39 is 4.92 Å². The smallest absolute Gasteiger partial charge is 0.271 e. The van der Waals surface area contributed by atoms with Crippen LogP contribution in [-0.2, 0) is 6.42 Å². The first-order valence-electron chi connectivity index (χ1n) is 6.88. The second kappa shape index (κ2) is 6.07. The fourth-order valence-electron chi connectivity index (χ4n) is 2.43. The van der Waals surface area contributed by atoms with Crippen molar-refractivity contribution in [2.24, 2.45) is 0 Å². The van der Waals surface area contributed by atoms with Crippen LogP contribution in [0.15, 0.2) is 48.7 Å². The van der Waals surface area contributed by atoms with E-state index in [1.807, 2.05) is 24.4 Å². The van der Waals surface area contributed by atoms with E-state index in [0.29, 0.717) is 17.3 Å². The third-order valence-corrected chi connectivity index (χ3v) is 3.86. The summed E-state index contributed by atoms with van der Waals surface area (Å²) >= 11 is 6.06. The molecule has 0 atom stereocenters. The minimum absolute atomic E-state index is 0.00724. The summed E-state index contributed by atoms with van der Waals surface area (Å²) < 4.78 is 0. The molecular weight excluding hydrogens is 302 g/mol. The topological polar surface area (TPSA) is 71.0 Å². The SMILES string of the molecule is O=[N+]([O-])c1ccc(NCCc2c[nH]c3ccccc23)c(Cl)c1. The number of H-pyrrole nitrogens is 1. The van der Waals surface area contributed by atoms with Crippen LogP contribution in [0.4, 0.5) is 11.4 Å². The first kappa shape index (κ1) is 14.4. The number of hydrogen-bond donors (Lipinski definition) is 2. The van der Waals surface area contributed by atoms with Crippen LogP contribution in [-0.4, -0.2) is 16.5 Å². The Kier molecular flexibility index (Phi) is 3.98. The minimum Gasteiger partial charge on any atom is -0.384 e. The quantitative estimate of drug-likeness (QED) is 0.542. The lowest BCUT2D eigenvalue weighted by Crippen LogP contribution is -2.05. The van der Waals surface area contributed by atoms with E-state index in [1.165, 1.54) is 23.1 Å². The molecular formula is C16H14ClN3O2. The summed E-state index contributed by atoms with van der Waals surface area (Å²) in [7, 11) is 0. The summed E-state index contributed by atoms with van der Waals surface area (Å²) in [5.41, 5.74) is 3.03. The molecule has 2 aromatic carbocycles. The standard InChI is InChI=1S/C16H14ClN3O2/c17-14-9-12(20(21)22)5-6-16(14)18-8-7-11-10-19-15-4-2-1-3-13(11)15/h1-6,9-10,18-19H,7-8H2. The van der Waals surface area contributed by atoms with Crippen LogP contribution in [0.5, 0.6) is 0 Å². The fourth-order valence-corrected chi connectivity index (χ4v) is 2.67. The maximum absolute atomic E-state index is 10.7. The average molecular weight is 316 g/mol. The molecule has 0 radical (unpaired) electrons. The van der Waals surface area contributed by atoms with E-state index in [1.54, 1.807) is 6.07 Å². The second-order valence-electron chi connectivity index (χ2n) is 4.96. The third-order valence-electron chi connectivity index (χ3n) is 3.55. The van der Waals surface area contributed by atoms with Crippen molar-refractivity contribution in [3.63, 3.8) is 0 Å². The minimum atomic E-state index is -0.457. The summed E-state index contributed by atoms with van der Waals surface area (Å²) in [4.78, 5) is 13.5. The number of nitrogens with zero attached hydrogens (tertiary/aromatic N) is 1. The van der Waals surface area contributed by atoms with Crippen molar-refractivity contribution in [2.45, 2.75) is 6.42 Å². The Labute approximate surface area is 132 Å². The van der Waals surface area contributed by atoms with Gasteiger partial charge in [-0.15, -0.1) is 0 Å². The maximum atomic E-state index is 10.7. The van der Waals surface area contributed by atoms with E-state index >= 15 is 0 Å². The van der Waals surface area contributed by atoms with Crippen molar-refractivity contribution in [1.82, 2.24) is 4.98 Å². The first-order valence-corrected chi connectivity index (χ1v) is 7.26. The number of fused-ring (bicyclic) bond motifs is 1. The Morgan fingerprint density at radius 2 is 2.05 bits per heavy atom. The molecule has 6 heteroatoms. The Morgan fingerprint density at radius 1 is 1.23 bits per heavy atom. The highest BCUT2D eigenvalue weighted by atomic mass is 35.5. The van der Waals surface area contributed by atoms with Crippen LogP contribution in [0.2, 0.25) is 5.02 Å². The molecule has 0 saturated heterocycles. The van der Waals surface area contributed by atoms with Gasteiger partial charge < -0.3 is 10.3 Å². The molecule has 0 fully saturated rings. The number of rotatable bonds is 5. The lowest BCUT2D eigenvalue weighted by atomic mass is 10.1. The molecule has 0 aliphatic rings. The van der Waals surface area contributed by atoms with Gasteiger partial charge in [0.15, 0.2) is 0 Å². The fraction of sp³-hybridized carbons (Fsp3) is 0.125. The van der Waals surface area contributed by atoms with E-state index in [2.05, 4.69) is 16.4 Å². The van der Waals surface area contributed by atoms with Crippen LogP contribution in [0, 0.1) is 10.1 Å². The van der Waals surface area contributed by atoms with Gasteiger partial charge in [0.25, 0.3) is 5.69 Å². The lowest BCUT2D eigenvalue weighted by molar-refractivity contribution is -0.384. The molecule has 0 amide bonds. The summed E-state index contributed by atoms with van der Waals surface area (Å²) in [5.74, 6) is 0. The van der Waals surface area contributed by atoms with Crippen molar-refractivity contribution in [1.29, 1.82) is 0 Å². The molecule has 0 spiro atoms. The van der Waals surface area contributed by atoms with Gasteiger partial charge in [0.05, 0.1) is 15.6 Å². The summed E-state index contributed by atoms with van der Waals surface area (Å²) in [6.45, 7) is 0.694. The Hall–Kier alpha value is -2.53. The molecule has 1 heterocycles. The molecule has 0 aliphatic carbocycles. The largest absolute Gasteiger partial charge is 0.384 e. The molecule has 22 heavy (non-hydrogen) atoms. The zero-order valence-corrected chi connectivity index (χ0v) is 12.4. The van der Waals surface area contributed by atoms with Crippen LogP contribution in [0.25, 0.3) is 10.9 Å². The summed E-state index contributed by atoms with van der Waals surface area (Å²) in [6, 6.07) is 12.6. The second-order valence-corrected chi connectivity index (χ2v) is 5.36. The van der Waals surface area contributed by atoms with Crippen LogP contribution < -0.4 is 5.32 Å². The Morgan fingerprint density at radius 3 is 2.82 bits per heavy atom. The predicted molar refractivity (Wildman–Crippen MR) is 88.6 cm³/mol. The van der Waals surface area contributed by atoms with Crippen molar-refractivity contribution in [2.75, 3.05) is 11.9 Å². The van der Waals surface area contributed by atoms with Crippen molar-refractivity contribution >= 4 is 33.9 Å². The monoisotopic (exact) mass is 315 g/mol. The molecule has 5 nitrogen and oxygen atoms in total. The van der Waals surface area contributed by atoms with Crippen LogP contribution >= 0.6 is 11.6 Å². The number of para-hydroxylation sites is 1. The van der Waals surface area contributed by atoms with Gasteiger partial charge in [0, 0.05) is 35.8 Å². The molecule has 112 valence electrons. The number of nitro groups is 1. The van der Waals surface area contributed by atoms with Gasteiger partial charge in [-0.25, -0.2) is 0 Å². The molecule has 0 saturated carbocycles. The van der Waals surface area contributed by atoms with E-state index in [4.69, 9.17) is 11.6 Å². The molecule has 3 aromatic rings. The number of hydrogen-bond acceptors (Lipinski definition) is 3. The predicted octanol–water partition coefficient (Wildman–Crippen LogP) is 4.38. The summed E-state index contributed by atoms with van der Waals surface area (Å²) in [5, 5.41) is 15.5. The molecule has 0 unspecified atom stereocenters. The number of benzene rings is 2. The molecule has 1 aromatic heterocycles. The van der Waals surface area contributed by atoms with Gasteiger partial charge in [0.1, 0.15) is 0 Å². The zero-order valence-electron chi connectivity index (χ0n) is 11.7. The summed E-state index contributed by atoms with van der Waals surface area (Å²) in [6.07, 6.45) is 2.83. The highest BCUT2D eigenvalue weighted by molar-refractivity contribution is 6.33. The normalized spacial score (nSPS) is 10.8. The number of aromatic nitrogens is 1. The molecule has 3 rings (SSSR count). The van der Waals surface area contributed by atoms with E-state index in [-0.39, 0.29) is 5.69 Å². The van der Waals surface area contributed by atoms with Gasteiger partial charge in [-0.3, -0.25) is 10.1 Å².